The average molecular weight is 287 g/mol. The maximum atomic E-state index is 5.70. The summed E-state index contributed by atoms with van der Waals surface area (Å²) < 4.78 is 2.09. The SMILES string of the molecule is Cl.Cl.NCc1nnc(C2CC2)n1-c1ccccc1. The van der Waals surface area contributed by atoms with E-state index in [2.05, 4.69) is 26.9 Å². The van der Waals surface area contributed by atoms with Gasteiger partial charge in [-0.15, -0.1) is 35.0 Å². The highest BCUT2D eigenvalue weighted by molar-refractivity contribution is 5.85. The maximum Gasteiger partial charge on any atom is 0.151 e. The molecular formula is C12H16Cl2N4. The summed E-state index contributed by atoms with van der Waals surface area (Å²) in [7, 11) is 0. The molecule has 0 aliphatic heterocycles. The largest absolute Gasteiger partial charge is 0.324 e. The lowest BCUT2D eigenvalue weighted by Crippen LogP contribution is -2.08. The van der Waals surface area contributed by atoms with E-state index in [1.54, 1.807) is 0 Å². The Morgan fingerprint density at radius 2 is 1.78 bits per heavy atom. The second-order valence-corrected chi connectivity index (χ2v) is 4.12. The quantitative estimate of drug-likeness (QED) is 0.943. The van der Waals surface area contributed by atoms with E-state index < -0.39 is 0 Å². The highest BCUT2D eigenvalue weighted by atomic mass is 35.5. The van der Waals surface area contributed by atoms with Crippen LogP contribution in [-0.2, 0) is 6.54 Å². The van der Waals surface area contributed by atoms with E-state index in [1.165, 1.54) is 12.8 Å². The molecule has 3 rings (SSSR count). The van der Waals surface area contributed by atoms with Crippen LogP contribution in [0.4, 0.5) is 0 Å². The predicted octanol–water partition coefficient (Wildman–Crippen LogP) is 2.45. The first kappa shape index (κ1) is 15.0. The van der Waals surface area contributed by atoms with E-state index in [0.717, 1.165) is 17.3 Å². The summed E-state index contributed by atoms with van der Waals surface area (Å²) in [5.41, 5.74) is 6.80. The van der Waals surface area contributed by atoms with Gasteiger partial charge in [0.25, 0.3) is 0 Å². The third-order valence-corrected chi connectivity index (χ3v) is 2.89. The van der Waals surface area contributed by atoms with Crippen LogP contribution >= 0.6 is 24.8 Å². The van der Waals surface area contributed by atoms with Crippen molar-refractivity contribution >= 4 is 24.8 Å². The smallest absolute Gasteiger partial charge is 0.151 e. The van der Waals surface area contributed by atoms with Gasteiger partial charge in [0.2, 0.25) is 0 Å². The van der Waals surface area contributed by atoms with Gasteiger partial charge in [0, 0.05) is 11.6 Å². The molecule has 1 heterocycles. The van der Waals surface area contributed by atoms with Crippen LogP contribution in [0.2, 0.25) is 0 Å². The summed E-state index contributed by atoms with van der Waals surface area (Å²) in [6.45, 7) is 0.425. The molecule has 0 spiro atoms. The summed E-state index contributed by atoms with van der Waals surface area (Å²) in [5, 5.41) is 8.42. The number of hydrogen-bond acceptors (Lipinski definition) is 3. The molecule has 2 N–H and O–H groups in total. The van der Waals surface area contributed by atoms with Gasteiger partial charge in [-0.1, -0.05) is 18.2 Å². The van der Waals surface area contributed by atoms with Crippen LogP contribution < -0.4 is 5.73 Å². The van der Waals surface area contributed by atoms with E-state index in [0.29, 0.717) is 12.5 Å². The molecule has 1 aliphatic rings. The van der Waals surface area contributed by atoms with Crippen molar-refractivity contribution in [2.75, 3.05) is 0 Å². The summed E-state index contributed by atoms with van der Waals surface area (Å²) in [4.78, 5) is 0. The molecule has 0 unspecified atom stereocenters. The van der Waals surface area contributed by atoms with Crippen molar-refractivity contribution in [3.8, 4) is 5.69 Å². The van der Waals surface area contributed by atoms with Crippen LogP contribution in [0, 0.1) is 0 Å². The number of para-hydroxylation sites is 1. The topological polar surface area (TPSA) is 56.7 Å². The van der Waals surface area contributed by atoms with E-state index in [9.17, 15) is 0 Å². The second kappa shape index (κ2) is 6.18. The van der Waals surface area contributed by atoms with Crippen molar-refractivity contribution < 1.29 is 0 Å². The van der Waals surface area contributed by atoms with Gasteiger partial charge in [0.15, 0.2) is 5.82 Å². The van der Waals surface area contributed by atoms with Crippen LogP contribution in [0.25, 0.3) is 5.69 Å². The molecule has 1 fully saturated rings. The van der Waals surface area contributed by atoms with Gasteiger partial charge in [-0.05, 0) is 25.0 Å². The molecule has 1 aromatic heterocycles. The van der Waals surface area contributed by atoms with Gasteiger partial charge in [-0.3, -0.25) is 4.57 Å². The van der Waals surface area contributed by atoms with Crippen molar-refractivity contribution in [1.82, 2.24) is 14.8 Å². The molecule has 0 bridgehead atoms. The minimum Gasteiger partial charge on any atom is -0.324 e. The van der Waals surface area contributed by atoms with E-state index in [-0.39, 0.29) is 24.8 Å². The molecule has 2 aromatic rings. The zero-order chi connectivity index (χ0) is 11.0. The van der Waals surface area contributed by atoms with Crippen LogP contribution in [0.15, 0.2) is 30.3 Å². The van der Waals surface area contributed by atoms with Crippen LogP contribution in [-0.4, -0.2) is 14.8 Å². The van der Waals surface area contributed by atoms with Crippen molar-refractivity contribution in [3.63, 3.8) is 0 Å². The standard InChI is InChI=1S/C12H14N4.2ClH/c13-8-11-14-15-12(9-6-7-9)16(11)10-4-2-1-3-5-10;;/h1-5,9H,6-8,13H2;2*1H. The highest BCUT2D eigenvalue weighted by Crippen LogP contribution is 2.39. The lowest BCUT2D eigenvalue weighted by molar-refractivity contribution is 0.825. The Hall–Kier alpha value is -1.10. The number of halogens is 2. The highest BCUT2D eigenvalue weighted by Gasteiger charge is 2.30. The Balaban J connectivity index is 0.000000810. The molecule has 0 atom stereocenters. The summed E-state index contributed by atoms with van der Waals surface area (Å²) >= 11 is 0. The average Bonchev–Trinajstić information content (AvgIpc) is 3.09. The second-order valence-electron chi connectivity index (χ2n) is 4.12. The zero-order valence-electron chi connectivity index (χ0n) is 9.82. The number of aromatic nitrogens is 3. The lowest BCUT2D eigenvalue weighted by Gasteiger charge is -2.08. The van der Waals surface area contributed by atoms with Crippen LogP contribution in [0.1, 0.15) is 30.4 Å². The molecular weight excluding hydrogens is 271 g/mol. The predicted molar refractivity (Wildman–Crippen MR) is 75.7 cm³/mol. The Labute approximate surface area is 118 Å². The van der Waals surface area contributed by atoms with Crippen molar-refractivity contribution in [3.05, 3.63) is 42.0 Å². The molecule has 1 saturated carbocycles. The van der Waals surface area contributed by atoms with Gasteiger partial charge in [-0.25, -0.2) is 0 Å². The van der Waals surface area contributed by atoms with Crippen molar-refractivity contribution in [1.29, 1.82) is 0 Å². The van der Waals surface area contributed by atoms with Crippen molar-refractivity contribution in [2.24, 2.45) is 5.73 Å². The Bertz CT molecular complexity index is 494. The molecule has 0 saturated heterocycles. The fourth-order valence-electron chi connectivity index (χ4n) is 1.93. The number of nitrogens with zero attached hydrogens (tertiary/aromatic N) is 3. The first-order chi connectivity index (χ1) is 7.90. The van der Waals surface area contributed by atoms with E-state index >= 15 is 0 Å². The van der Waals surface area contributed by atoms with Gasteiger partial charge in [0.05, 0.1) is 6.54 Å². The first-order valence-electron chi connectivity index (χ1n) is 5.60. The fourth-order valence-corrected chi connectivity index (χ4v) is 1.93. The molecule has 0 amide bonds. The number of benzene rings is 1. The molecule has 98 valence electrons. The summed E-state index contributed by atoms with van der Waals surface area (Å²) in [5.74, 6) is 2.48. The Kier molecular flexibility index (Phi) is 5.14. The Morgan fingerprint density at radius 1 is 1.11 bits per heavy atom. The zero-order valence-corrected chi connectivity index (χ0v) is 11.5. The maximum absolute atomic E-state index is 5.70. The van der Waals surface area contributed by atoms with Crippen LogP contribution in [0.5, 0.6) is 0 Å². The third-order valence-electron chi connectivity index (χ3n) is 2.89. The van der Waals surface area contributed by atoms with Gasteiger partial charge in [-0.2, -0.15) is 0 Å². The minimum atomic E-state index is 0. The van der Waals surface area contributed by atoms with Gasteiger partial charge < -0.3 is 5.73 Å². The minimum absolute atomic E-state index is 0. The number of rotatable bonds is 3. The molecule has 18 heavy (non-hydrogen) atoms. The monoisotopic (exact) mass is 286 g/mol. The van der Waals surface area contributed by atoms with E-state index in [1.807, 2.05) is 18.2 Å². The molecule has 0 radical (unpaired) electrons. The normalized spacial score (nSPS) is 13.6. The Morgan fingerprint density at radius 3 is 2.33 bits per heavy atom. The molecule has 1 aromatic carbocycles. The molecule has 1 aliphatic carbocycles. The van der Waals surface area contributed by atoms with Gasteiger partial charge >= 0.3 is 0 Å². The summed E-state index contributed by atoms with van der Waals surface area (Å²) in [6.07, 6.45) is 2.44. The molecule has 4 nitrogen and oxygen atoms in total. The lowest BCUT2D eigenvalue weighted by atomic mass is 10.3. The number of nitrogens with two attached hydrogens (primary N) is 1. The van der Waals surface area contributed by atoms with Crippen molar-refractivity contribution in [2.45, 2.75) is 25.3 Å². The molecule has 6 heteroatoms. The first-order valence-corrected chi connectivity index (χ1v) is 5.60. The summed E-state index contributed by atoms with van der Waals surface area (Å²) in [6, 6.07) is 10.2. The third kappa shape index (κ3) is 2.66. The fraction of sp³-hybridized carbons (Fsp3) is 0.333. The van der Waals surface area contributed by atoms with Gasteiger partial charge in [0.1, 0.15) is 5.82 Å². The van der Waals surface area contributed by atoms with Crippen LogP contribution in [0.3, 0.4) is 0 Å². The van der Waals surface area contributed by atoms with E-state index in [4.69, 9.17) is 5.73 Å². The number of hydrogen-bond donors (Lipinski definition) is 1.